The lowest BCUT2D eigenvalue weighted by Gasteiger charge is -2.36. The molecule has 1 fully saturated rings. The zero-order valence-electron chi connectivity index (χ0n) is 9.83. The zero-order chi connectivity index (χ0) is 12.9. The van der Waals surface area contributed by atoms with Gasteiger partial charge in [0.15, 0.2) is 9.84 Å². The molecule has 0 aromatic heterocycles. The summed E-state index contributed by atoms with van der Waals surface area (Å²) in [6, 6.07) is 4.03. The summed E-state index contributed by atoms with van der Waals surface area (Å²) in [5, 5.41) is -0.118. The van der Waals surface area contributed by atoms with E-state index in [1.807, 2.05) is 6.07 Å². The van der Waals surface area contributed by atoms with Crippen LogP contribution >= 0.6 is 45.2 Å². The van der Waals surface area contributed by atoms with Crippen molar-refractivity contribution in [3.63, 3.8) is 0 Å². The molecule has 1 saturated carbocycles. The van der Waals surface area contributed by atoms with Gasteiger partial charge < -0.3 is 0 Å². The minimum Gasteiger partial charge on any atom is -0.223 e. The predicted octanol–water partition coefficient (Wildman–Crippen LogP) is 3.78. The van der Waals surface area contributed by atoms with Crippen LogP contribution in [0, 0.1) is 13.1 Å². The number of halogens is 2. The second kappa shape index (κ2) is 4.87. The number of hydrogen-bond acceptors (Lipinski definition) is 2. The third-order valence-corrected chi connectivity index (χ3v) is 8.40. The second-order valence-corrected chi connectivity index (χ2v) is 9.72. The van der Waals surface area contributed by atoms with Gasteiger partial charge in [0.25, 0.3) is 0 Å². The van der Waals surface area contributed by atoms with Gasteiger partial charge in [-0.2, -0.15) is 0 Å². The van der Waals surface area contributed by atoms with Gasteiger partial charge >= 0.3 is 0 Å². The molecule has 0 bridgehead atoms. The summed E-state index contributed by atoms with van der Waals surface area (Å²) < 4.78 is 27.6. The van der Waals surface area contributed by atoms with Crippen molar-refractivity contribution in [1.29, 1.82) is 0 Å². The highest BCUT2D eigenvalue weighted by Gasteiger charge is 2.42. The first kappa shape index (κ1) is 13.6. The lowest BCUT2D eigenvalue weighted by atomic mass is 9.84. The summed E-state index contributed by atoms with van der Waals surface area (Å²) in [5.41, 5.74) is 1.05. The lowest BCUT2D eigenvalue weighted by Crippen LogP contribution is -2.39. The fourth-order valence-electron chi connectivity index (χ4n) is 3.33. The number of rotatable bonds is 0. The first-order valence-electron chi connectivity index (χ1n) is 6.22. The SMILES string of the molecule is O=S1(=O)c2c(I)cc(I)cc2CC2CCCCC21. The molecule has 0 radical (unpaired) electrons. The van der Waals surface area contributed by atoms with E-state index in [0.717, 1.165) is 38.4 Å². The number of sulfone groups is 1. The van der Waals surface area contributed by atoms with Crippen molar-refractivity contribution in [2.24, 2.45) is 5.92 Å². The van der Waals surface area contributed by atoms with Crippen LogP contribution in [0.25, 0.3) is 0 Å². The van der Waals surface area contributed by atoms with Gasteiger partial charge in [0, 0.05) is 7.14 Å². The Kier molecular flexibility index (Phi) is 3.68. The molecule has 2 nitrogen and oxygen atoms in total. The molecule has 1 aliphatic heterocycles. The van der Waals surface area contributed by atoms with Crippen molar-refractivity contribution >= 4 is 55.0 Å². The van der Waals surface area contributed by atoms with E-state index in [1.54, 1.807) is 0 Å². The minimum absolute atomic E-state index is 0.118. The van der Waals surface area contributed by atoms with Crippen LogP contribution in [0.4, 0.5) is 0 Å². The Labute approximate surface area is 135 Å². The third-order valence-electron chi connectivity index (χ3n) is 4.09. The number of benzene rings is 1. The van der Waals surface area contributed by atoms with Crippen LogP contribution in [0.3, 0.4) is 0 Å². The van der Waals surface area contributed by atoms with Crippen LogP contribution in [0.1, 0.15) is 31.2 Å². The number of fused-ring (bicyclic) bond motifs is 2. The third kappa shape index (κ3) is 2.13. The van der Waals surface area contributed by atoms with Crippen molar-refractivity contribution in [3.8, 4) is 0 Å². The summed E-state index contributed by atoms with van der Waals surface area (Å²) in [5.74, 6) is 0.352. The van der Waals surface area contributed by atoms with Crippen LogP contribution in [0.15, 0.2) is 17.0 Å². The van der Waals surface area contributed by atoms with Gasteiger partial charge in [0.2, 0.25) is 0 Å². The Bertz CT molecular complexity index is 595. The molecule has 18 heavy (non-hydrogen) atoms. The normalized spacial score (nSPS) is 29.4. The van der Waals surface area contributed by atoms with Gasteiger partial charge in [-0.1, -0.05) is 12.8 Å². The standard InChI is InChI=1S/C13H14I2O2S/c14-10-6-9-5-8-3-1-2-4-12(8)18(16,17)13(9)11(15)7-10/h6-8,12H,1-5H2. The zero-order valence-corrected chi connectivity index (χ0v) is 15.0. The smallest absolute Gasteiger partial charge is 0.182 e. The minimum atomic E-state index is -3.10. The molecule has 2 unspecified atom stereocenters. The summed E-state index contributed by atoms with van der Waals surface area (Å²) >= 11 is 4.45. The van der Waals surface area contributed by atoms with Crippen LogP contribution in [-0.2, 0) is 16.3 Å². The Morgan fingerprint density at radius 3 is 2.61 bits per heavy atom. The molecule has 5 heteroatoms. The molecule has 1 heterocycles. The monoisotopic (exact) mass is 488 g/mol. The van der Waals surface area contributed by atoms with Gasteiger partial charge in [0.1, 0.15) is 0 Å². The Balaban J connectivity index is 2.21. The van der Waals surface area contributed by atoms with E-state index in [0.29, 0.717) is 10.8 Å². The highest BCUT2D eigenvalue weighted by atomic mass is 127. The molecule has 1 aromatic rings. The molecule has 98 valence electrons. The second-order valence-electron chi connectivity index (χ2n) is 5.21. The fraction of sp³-hybridized carbons (Fsp3) is 0.538. The van der Waals surface area contributed by atoms with Crippen LogP contribution < -0.4 is 0 Å². The van der Waals surface area contributed by atoms with E-state index in [2.05, 4.69) is 51.2 Å². The van der Waals surface area contributed by atoms with Gasteiger partial charge in [-0.05, 0) is 88.1 Å². The average molecular weight is 488 g/mol. The molecule has 0 saturated heterocycles. The van der Waals surface area contributed by atoms with E-state index in [4.69, 9.17) is 0 Å². The Morgan fingerprint density at radius 2 is 1.83 bits per heavy atom. The van der Waals surface area contributed by atoms with E-state index in [-0.39, 0.29) is 5.25 Å². The molecular formula is C13H14I2O2S. The molecular weight excluding hydrogens is 474 g/mol. The maximum Gasteiger partial charge on any atom is 0.182 e. The molecule has 1 aromatic carbocycles. The summed E-state index contributed by atoms with van der Waals surface area (Å²) in [4.78, 5) is 0.631. The molecule has 0 N–H and O–H groups in total. The molecule has 2 aliphatic rings. The molecule has 1 aliphatic carbocycles. The molecule has 3 rings (SSSR count). The van der Waals surface area contributed by atoms with Gasteiger partial charge in [-0.15, -0.1) is 0 Å². The summed E-state index contributed by atoms with van der Waals surface area (Å²) in [6.07, 6.45) is 5.13. The van der Waals surface area contributed by atoms with Crippen molar-refractivity contribution in [1.82, 2.24) is 0 Å². The van der Waals surface area contributed by atoms with Gasteiger partial charge in [-0.3, -0.25) is 0 Å². The summed E-state index contributed by atoms with van der Waals surface area (Å²) in [7, 11) is -3.10. The van der Waals surface area contributed by atoms with E-state index in [9.17, 15) is 8.42 Å². The van der Waals surface area contributed by atoms with E-state index in [1.165, 1.54) is 6.42 Å². The van der Waals surface area contributed by atoms with Crippen LogP contribution in [0.5, 0.6) is 0 Å². The van der Waals surface area contributed by atoms with E-state index < -0.39 is 9.84 Å². The molecule has 0 amide bonds. The largest absolute Gasteiger partial charge is 0.223 e. The Hall–Kier alpha value is 0.630. The number of hydrogen-bond donors (Lipinski definition) is 0. The van der Waals surface area contributed by atoms with Crippen LogP contribution in [0.2, 0.25) is 0 Å². The van der Waals surface area contributed by atoms with Gasteiger partial charge in [0.05, 0.1) is 10.1 Å². The van der Waals surface area contributed by atoms with Crippen molar-refractivity contribution in [2.75, 3.05) is 0 Å². The molecule has 0 spiro atoms. The first-order chi connectivity index (χ1) is 8.50. The van der Waals surface area contributed by atoms with E-state index >= 15 is 0 Å². The lowest BCUT2D eigenvalue weighted by molar-refractivity contribution is 0.344. The summed E-state index contributed by atoms with van der Waals surface area (Å²) in [6.45, 7) is 0. The predicted molar refractivity (Wildman–Crippen MR) is 88.5 cm³/mol. The Morgan fingerprint density at radius 1 is 1.11 bits per heavy atom. The average Bonchev–Trinajstić information content (AvgIpc) is 2.27. The highest BCUT2D eigenvalue weighted by molar-refractivity contribution is 14.1. The maximum atomic E-state index is 12.8. The van der Waals surface area contributed by atoms with Crippen molar-refractivity contribution < 1.29 is 8.42 Å². The van der Waals surface area contributed by atoms with Crippen LogP contribution in [-0.4, -0.2) is 13.7 Å². The van der Waals surface area contributed by atoms with Crippen molar-refractivity contribution in [3.05, 3.63) is 24.8 Å². The topological polar surface area (TPSA) is 34.1 Å². The first-order valence-corrected chi connectivity index (χ1v) is 9.92. The van der Waals surface area contributed by atoms with Gasteiger partial charge in [-0.25, -0.2) is 8.42 Å². The molecule has 2 atom stereocenters. The maximum absolute atomic E-state index is 12.8. The highest BCUT2D eigenvalue weighted by Crippen LogP contribution is 2.43. The fourth-order valence-corrected chi connectivity index (χ4v) is 8.58. The quantitative estimate of drug-likeness (QED) is 0.522. The van der Waals surface area contributed by atoms with Crippen molar-refractivity contribution in [2.45, 2.75) is 42.2 Å².